The van der Waals surface area contributed by atoms with Crippen molar-refractivity contribution in [3.8, 4) is 5.75 Å². The molecular weight excluding hydrogens is 322 g/mol. The molecular formula is C16H16ClNO3S. The second-order valence-corrected chi connectivity index (χ2v) is 7.50. The summed E-state index contributed by atoms with van der Waals surface area (Å²) in [5.74, 6) is 0.309. The van der Waals surface area contributed by atoms with Crippen LogP contribution in [0.4, 0.5) is 0 Å². The number of ether oxygens (including phenoxy) is 1. The van der Waals surface area contributed by atoms with Crippen molar-refractivity contribution < 1.29 is 13.2 Å². The molecule has 0 aromatic heterocycles. The monoisotopic (exact) mass is 337 g/mol. The Morgan fingerprint density at radius 3 is 2.59 bits per heavy atom. The lowest BCUT2D eigenvalue weighted by Crippen LogP contribution is -2.36. The highest BCUT2D eigenvalue weighted by molar-refractivity contribution is 7.89. The molecule has 0 amide bonds. The zero-order valence-corrected chi connectivity index (χ0v) is 13.7. The third kappa shape index (κ3) is 2.72. The number of methoxy groups -OCH3 is 1. The lowest BCUT2D eigenvalue weighted by Gasteiger charge is -2.28. The van der Waals surface area contributed by atoms with Gasteiger partial charge in [-0.25, -0.2) is 8.42 Å². The molecule has 1 heterocycles. The summed E-state index contributed by atoms with van der Waals surface area (Å²) in [7, 11) is -2.19. The number of hydrogen-bond donors (Lipinski definition) is 0. The number of nitrogens with zero attached hydrogens (tertiary/aromatic N) is 1. The normalized spacial score (nSPS) is 15.4. The Morgan fingerprint density at radius 2 is 1.86 bits per heavy atom. The van der Waals surface area contributed by atoms with Gasteiger partial charge in [0.1, 0.15) is 10.6 Å². The summed E-state index contributed by atoms with van der Waals surface area (Å²) in [5, 5.41) is 0.372. The Bertz CT molecular complexity index is 805. The third-order valence-electron chi connectivity index (χ3n) is 3.84. The summed E-state index contributed by atoms with van der Waals surface area (Å²) in [6.07, 6.45) is 0.707. The summed E-state index contributed by atoms with van der Waals surface area (Å²) in [6, 6.07) is 12.5. The molecule has 22 heavy (non-hydrogen) atoms. The minimum Gasteiger partial charge on any atom is -0.495 e. The molecule has 6 heteroatoms. The molecule has 2 aromatic rings. The fourth-order valence-electron chi connectivity index (χ4n) is 2.67. The van der Waals surface area contributed by atoms with E-state index in [-0.39, 0.29) is 4.90 Å². The van der Waals surface area contributed by atoms with Gasteiger partial charge in [0.25, 0.3) is 0 Å². The molecule has 2 aromatic carbocycles. The van der Waals surface area contributed by atoms with E-state index in [1.165, 1.54) is 23.0 Å². The van der Waals surface area contributed by atoms with Crippen LogP contribution in [-0.4, -0.2) is 26.4 Å². The number of hydrogen-bond acceptors (Lipinski definition) is 3. The average Bonchev–Trinajstić information content (AvgIpc) is 2.54. The van der Waals surface area contributed by atoms with E-state index in [1.807, 2.05) is 24.3 Å². The van der Waals surface area contributed by atoms with Crippen molar-refractivity contribution in [1.29, 1.82) is 0 Å². The average molecular weight is 338 g/mol. The molecule has 1 aliphatic heterocycles. The largest absolute Gasteiger partial charge is 0.495 e. The van der Waals surface area contributed by atoms with Crippen molar-refractivity contribution in [1.82, 2.24) is 4.31 Å². The molecule has 0 aliphatic carbocycles. The summed E-state index contributed by atoms with van der Waals surface area (Å²) < 4.78 is 32.5. The van der Waals surface area contributed by atoms with Gasteiger partial charge in [0.05, 0.1) is 7.11 Å². The highest BCUT2D eigenvalue weighted by atomic mass is 35.5. The molecule has 0 atom stereocenters. The van der Waals surface area contributed by atoms with Gasteiger partial charge in [0.2, 0.25) is 10.0 Å². The van der Waals surface area contributed by atoms with Crippen molar-refractivity contribution in [3.63, 3.8) is 0 Å². The van der Waals surface area contributed by atoms with E-state index in [2.05, 4.69) is 0 Å². The molecule has 0 radical (unpaired) electrons. The van der Waals surface area contributed by atoms with Crippen molar-refractivity contribution in [3.05, 3.63) is 58.6 Å². The Morgan fingerprint density at radius 1 is 1.14 bits per heavy atom. The first-order valence-electron chi connectivity index (χ1n) is 6.93. The lowest BCUT2D eigenvalue weighted by molar-refractivity contribution is 0.378. The van der Waals surface area contributed by atoms with E-state index in [1.54, 1.807) is 12.1 Å². The molecule has 0 fully saturated rings. The maximum Gasteiger partial charge on any atom is 0.247 e. The fourth-order valence-corrected chi connectivity index (χ4v) is 4.50. The van der Waals surface area contributed by atoms with E-state index in [0.29, 0.717) is 30.3 Å². The molecule has 116 valence electrons. The molecule has 3 rings (SSSR count). The maximum absolute atomic E-state index is 12.9. The van der Waals surface area contributed by atoms with Crippen LogP contribution < -0.4 is 4.74 Å². The van der Waals surface area contributed by atoms with Crippen LogP contribution in [0.3, 0.4) is 0 Å². The first-order valence-corrected chi connectivity index (χ1v) is 8.74. The Hall–Kier alpha value is -1.56. The van der Waals surface area contributed by atoms with Crippen LogP contribution in [0.2, 0.25) is 5.02 Å². The van der Waals surface area contributed by atoms with Crippen molar-refractivity contribution >= 4 is 21.6 Å². The molecule has 0 saturated carbocycles. The van der Waals surface area contributed by atoms with Crippen LogP contribution in [-0.2, 0) is 23.0 Å². The van der Waals surface area contributed by atoms with Crippen LogP contribution in [0.15, 0.2) is 47.4 Å². The van der Waals surface area contributed by atoms with Gasteiger partial charge in [-0.15, -0.1) is 0 Å². The minimum atomic E-state index is -3.65. The fraction of sp³-hybridized carbons (Fsp3) is 0.250. The number of fused-ring (bicyclic) bond motifs is 1. The molecule has 4 nitrogen and oxygen atoms in total. The van der Waals surface area contributed by atoms with Gasteiger partial charge in [-0.1, -0.05) is 35.9 Å². The van der Waals surface area contributed by atoms with Crippen LogP contribution in [0.5, 0.6) is 5.75 Å². The van der Waals surface area contributed by atoms with Gasteiger partial charge < -0.3 is 4.74 Å². The predicted octanol–water partition coefficient (Wildman–Crippen LogP) is 3.10. The van der Waals surface area contributed by atoms with E-state index in [0.717, 1.165) is 5.56 Å². The number of halogens is 1. The quantitative estimate of drug-likeness (QED) is 0.864. The van der Waals surface area contributed by atoms with E-state index in [4.69, 9.17) is 16.3 Å². The SMILES string of the molecule is COc1ccc(Cl)cc1S(=O)(=O)N1CCc2ccccc2C1. The molecule has 0 saturated heterocycles. The highest BCUT2D eigenvalue weighted by Gasteiger charge is 2.30. The van der Waals surface area contributed by atoms with Gasteiger partial charge in [-0.2, -0.15) is 4.31 Å². The summed E-state index contributed by atoms with van der Waals surface area (Å²) in [5.41, 5.74) is 2.24. The van der Waals surface area contributed by atoms with Crippen LogP contribution >= 0.6 is 11.6 Å². The Balaban J connectivity index is 2.00. The zero-order chi connectivity index (χ0) is 15.7. The molecule has 0 spiro atoms. The van der Waals surface area contributed by atoms with Crippen molar-refractivity contribution in [2.45, 2.75) is 17.9 Å². The number of rotatable bonds is 3. The van der Waals surface area contributed by atoms with Crippen LogP contribution in [0.25, 0.3) is 0 Å². The van der Waals surface area contributed by atoms with E-state index < -0.39 is 10.0 Å². The lowest BCUT2D eigenvalue weighted by atomic mass is 10.0. The zero-order valence-electron chi connectivity index (χ0n) is 12.1. The van der Waals surface area contributed by atoms with Gasteiger partial charge in [-0.05, 0) is 35.7 Å². The molecule has 0 unspecified atom stereocenters. The summed E-state index contributed by atoms with van der Waals surface area (Å²) in [4.78, 5) is 0.113. The minimum absolute atomic E-state index is 0.113. The highest BCUT2D eigenvalue weighted by Crippen LogP contribution is 2.32. The van der Waals surface area contributed by atoms with E-state index in [9.17, 15) is 8.42 Å². The van der Waals surface area contributed by atoms with Crippen LogP contribution in [0.1, 0.15) is 11.1 Å². The molecule has 0 bridgehead atoms. The standard InChI is InChI=1S/C16H16ClNO3S/c1-21-15-7-6-14(17)10-16(15)22(19,20)18-9-8-12-4-2-3-5-13(12)11-18/h2-7,10H,8-9,11H2,1H3. The molecule has 0 N–H and O–H groups in total. The first-order chi connectivity index (χ1) is 10.5. The predicted molar refractivity (Wildman–Crippen MR) is 85.7 cm³/mol. The van der Waals surface area contributed by atoms with E-state index >= 15 is 0 Å². The second kappa shape index (κ2) is 5.91. The van der Waals surface area contributed by atoms with Gasteiger partial charge in [0, 0.05) is 18.1 Å². The first kappa shape index (κ1) is 15.3. The summed E-state index contributed by atoms with van der Waals surface area (Å²) >= 11 is 5.96. The number of sulfonamides is 1. The van der Waals surface area contributed by atoms with Gasteiger partial charge in [-0.3, -0.25) is 0 Å². The third-order valence-corrected chi connectivity index (χ3v) is 5.94. The van der Waals surface area contributed by atoms with Crippen LogP contribution in [0, 0.1) is 0 Å². The van der Waals surface area contributed by atoms with Gasteiger partial charge >= 0.3 is 0 Å². The molecule has 1 aliphatic rings. The smallest absolute Gasteiger partial charge is 0.247 e. The number of benzene rings is 2. The Kier molecular flexibility index (Phi) is 4.12. The summed E-state index contributed by atoms with van der Waals surface area (Å²) in [6.45, 7) is 0.823. The Labute approximate surface area is 135 Å². The topological polar surface area (TPSA) is 46.6 Å². The van der Waals surface area contributed by atoms with Crippen molar-refractivity contribution in [2.75, 3.05) is 13.7 Å². The second-order valence-electron chi connectivity index (χ2n) is 5.15. The van der Waals surface area contributed by atoms with Crippen molar-refractivity contribution in [2.24, 2.45) is 0 Å². The van der Waals surface area contributed by atoms with Gasteiger partial charge in [0.15, 0.2) is 0 Å². The maximum atomic E-state index is 12.9.